The number of primary amides is 1. The summed E-state index contributed by atoms with van der Waals surface area (Å²) in [6, 6.07) is 8.29. The molecule has 3 heterocycles. The van der Waals surface area contributed by atoms with Gasteiger partial charge in [-0.3, -0.25) is 13.9 Å². The van der Waals surface area contributed by atoms with Crippen LogP contribution in [0, 0.1) is 0 Å². The van der Waals surface area contributed by atoms with E-state index in [2.05, 4.69) is 30.1 Å². The molecule has 5 nitrogen and oxygen atoms in total. The number of hydrogen-bond donors (Lipinski definition) is 4. The molecule has 1 fully saturated rings. The molecule has 1 aromatic carbocycles. The number of rotatable bonds is 6. The summed E-state index contributed by atoms with van der Waals surface area (Å²) in [5, 5.41) is 1.01. The molecule has 0 aliphatic carbocycles. The monoisotopic (exact) mass is 450 g/mol. The zero-order valence-corrected chi connectivity index (χ0v) is 18.8. The van der Waals surface area contributed by atoms with E-state index < -0.39 is 16.5 Å². The standard InChI is InChI=1S/C21H26N2O3S3/c1-2-27-12-15-3-4-19(28-15)14-9-16-18(13-5-7-29(25,26)8-6-13)11-23-20(16)17(10-14)21(22)24/h3-4,9-11,13,23,25-26H,2,5-8,12H2,1H3,(H2,22,24). The van der Waals surface area contributed by atoms with Crippen LogP contribution in [0.2, 0.25) is 0 Å². The van der Waals surface area contributed by atoms with Crippen molar-refractivity contribution in [1.82, 2.24) is 4.98 Å². The van der Waals surface area contributed by atoms with Crippen molar-refractivity contribution in [3.63, 3.8) is 0 Å². The number of hydrogen-bond acceptors (Lipinski definition) is 5. The number of nitrogens with two attached hydrogens (primary N) is 1. The molecule has 29 heavy (non-hydrogen) atoms. The van der Waals surface area contributed by atoms with Gasteiger partial charge in [0.25, 0.3) is 5.91 Å². The second kappa shape index (κ2) is 8.35. The fourth-order valence-electron chi connectivity index (χ4n) is 3.96. The van der Waals surface area contributed by atoms with Crippen LogP contribution in [-0.4, -0.2) is 37.3 Å². The van der Waals surface area contributed by atoms with E-state index in [0.717, 1.165) is 51.3 Å². The van der Waals surface area contributed by atoms with E-state index in [1.807, 2.05) is 24.0 Å². The van der Waals surface area contributed by atoms with E-state index in [9.17, 15) is 13.9 Å². The van der Waals surface area contributed by atoms with Gasteiger partial charge in [-0.15, -0.1) is 11.3 Å². The zero-order valence-electron chi connectivity index (χ0n) is 16.3. The Morgan fingerprint density at radius 1 is 1.31 bits per heavy atom. The predicted octanol–water partition coefficient (Wildman–Crippen LogP) is 5.88. The number of benzene rings is 1. The number of carbonyl (C=O) groups excluding carboxylic acids is 1. The van der Waals surface area contributed by atoms with E-state index in [4.69, 9.17) is 5.73 Å². The van der Waals surface area contributed by atoms with E-state index in [1.54, 1.807) is 11.3 Å². The third-order valence-electron chi connectivity index (χ3n) is 5.51. The molecule has 1 aliphatic rings. The maximum absolute atomic E-state index is 12.2. The Labute approximate surface area is 180 Å². The molecule has 0 unspecified atom stereocenters. The average molecular weight is 451 g/mol. The molecule has 0 radical (unpaired) electrons. The summed E-state index contributed by atoms with van der Waals surface area (Å²) in [5.74, 6) is 2.77. The van der Waals surface area contributed by atoms with Crippen LogP contribution in [0.3, 0.4) is 0 Å². The zero-order chi connectivity index (χ0) is 20.6. The van der Waals surface area contributed by atoms with Crippen molar-refractivity contribution in [3.05, 3.63) is 46.5 Å². The molecule has 8 heteroatoms. The molecule has 0 saturated carbocycles. The Kier molecular flexibility index (Phi) is 5.99. The number of H-pyrrole nitrogens is 1. The van der Waals surface area contributed by atoms with Crippen LogP contribution < -0.4 is 5.73 Å². The third-order valence-corrected chi connectivity index (χ3v) is 9.53. The van der Waals surface area contributed by atoms with Gasteiger partial charge in [0, 0.05) is 38.6 Å². The number of thioether (sulfide) groups is 1. The number of carbonyl (C=O) groups is 1. The van der Waals surface area contributed by atoms with Gasteiger partial charge in [-0.25, -0.2) is 0 Å². The van der Waals surface area contributed by atoms with Gasteiger partial charge in [-0.05, 0) is 59.9 Å². The average Bonchev–Trinajstić information content (AvgIpc) is 3.32. The van der Waals surface area contributed by atoms with Crippen LogP contribution in [0.4, 0.5) is 0 Å². The molecule has 156 valence electrons. The van der Waals surface area contributed by atoms with Crippen LogP contribution in [0.1, 0.15) is 46.5 Å². The lowest BCUT2D eigenvalue weighted by molar-refractivity contribution is 0.100. The summed E-state index contributed by atoms with van der Waals surface area (Å²) in [5.41, 5.74) is 9.11. The van der Waals surface area contributed by atoms with Gasteiger partial charge < -0.3 is 10.7 Å². The van der Waals surface area contributed by atoms with Gasteiger partial charge in [0.2, 0.25) is 0 Å². The van der Waals surface area contributed by atoms with Gasteiger partial charge in [0.05, 0.1) is 11.1 Å². The van der Waals surface area contributed by atoms with Crippen molar-refractivity contribution >= 4 is 50.5 Å². The Morgan fingerprint density at radius 2 is 2.07 bits per heavy atom. The molecule has 0 spiro atoms. The maximum atomic E-state index is 12.2. The summed E-state index contributed by atoms with van der Waals surface area (Å²) in [6.07, 6.45) is 3.44. The van der Waals surface area contributed by atoms with Crippen molar-refractivity contribution in [2.45, 2.75) is 31.4 Å². The molecular weight excluding hydrogens is 424 g/mol. The number of aromatic nitrogens is 1. The lowest BCUT2D eigenvalue weighted by Crippen LogP contribution is -2.19. The van der Waals surface area contributed by atoms with Gasteiger partial charge in [0.15, 0.2) is 0 Å². The second-order valence-electron chi connectivity index (χ2n) is 7.44. The van der Waals surface area contributed by atoms with E-state index in [-0.39, 0.29) is 5.92 Å². The van der Waals surface area contributed by atoms with Crippen molar-refractivity contribution in [3.8, 4) is 10.4 Å². The molecule has 3 aromatic rings. The van der Waals surface area contributed by atoms with Crippen molar-refractivity contribution in [1.29, 1.82) is 0 Å². The first-order valence-corrected chi connectivity index (χ1v) is 13.6. The Morgan fingerprint density at radius 3 is 2.76 bits per heavy atom. The minimum absolute atomic E-state index is 0.250. The van der Waals surface area contributed by atoms with Crippen LogP contribution in [0.15, 0.2) is 30.5 Å². The fraction of sp³-hybridized carbons (Fsp3) is 0.381. The minimum atomic E-state index is -2.42. The SMILES string of the molecule is CCSCc1ccc(-c2cc(C(N)=O)c3[nH]cc(C4CCS(O)(O)CC4)c3c2)s1. The number of amides is 1. The molecule has 2 aromatic heterocycles. The van der Waals surface area contributed by atoms with Crippen molar-refractivity contribution < 1.29 is 13.9 Å². The highest BCUT2D eigenvalue weighted by atomic mass is 32.3. The normalized spacial score (nSPS) is 18.2. The Bertz CT molecular complexity index is 1030. The lowest BCUT2D eigenvalue weighted by Gasteiger charge is -2.39. The van der Waals surface area contributed by atoms with Crippen LogP contribution in [0.5, 0.6) is 0 Å². The molecule has 1 aliphatic heterocycles. The number of nitrogens with one attached hydrogen (secondary N) is 1. The molecule has 0 atom stereocenters. The smallest absolute Gasteiger partial charge is 0.250 e. The topological polar surface area (TPSA) is 99.3 Å². The van der Waals surface area contributed by atoms with Crippen LogP contribution in [-0.2, 0) is 5.75 Å². The summed E-state index contributed by atoms with van der Waals surface area (Å²) in [4.78, 5) is 17.9. The first-order chi connectivity index (χ1) is 13.9. The predicted molar refractivity (Wildman–Crippen MR) is 127 cm³/mol. The molecule has 5 N–H and O–H groups in total. The Hall–Kier alpha value is -1.45. The molecular formula is C21H26N2O3S3. The van der Waals surface area contributed by atoms with E-state index >= 15 is 0 Å². The quantitative estimate of drug-likeness (QED) is 0.377. The van der Waals surface area contributed by atoms with Crippen LogP contribution >= 0.6 is 33.7 Å². The first kappa shape index (κ1) is 20.8. The maximum Gasteiger partial charge on any atom is 0.250 e. The van der Waals surface area contributed by atoms with E-state index in [1.165, 1.54) is 4.88 Å². The number of fused-ring (bicyclic) bond motifs is 1. The first-order valence-electron chi connectivity index (χ1n) is 9.73. The summed E-state index contributed by atoms with van der Waals surface area (Å²) >= 11 is 3.65. The van der Waals surface area contributed by atoms with Gasteiger partial charge in [-0.2, -0.15) is 22.4 Å². The van der Waals surface area contributed by atoms with E-state index in [0.29, 0.717) is 17.1 Å². The molecule has 4 rings (SSSR count). The van der Waals surface area contributed by atoms with Crippen molar-refractivity contribution in [2.75, 3.05) is 17.3 Å². The Balaban J connectivity index is 1.74. The molecule has 0 bridgehead atoms. The van der Waals surface area contributed by atoms with Crippen LogP contribution in [0.25, 0.3) is 21.3 Å². The van der Waals surface area contributed by atoms with Gasteiger partial charge in [-0.1, -0.05) is 6.92 Å². The fourth-order valence-corrected chi connectivity index (χ4v) is 7.27. The molecule has 1 saturated heterocycles. The largest absolute Gasteiger partial charge is 0.366 e. The van der Waals surface area contributed by atoms with Gasteiger partial charge in [0.1, 0.15) is 0 Å². The molecule has 1 amide bonds. The lowest BCUT2D eigenvalue weighted by atomic mass is 9.91. The second-order valence-corrected chi connectivity index (χ2v) is 12.3. The summed E-state index contributed by atoms with van der Waals surface area (Å²) < 4.78 is 19.9. The summed E-state index contributed by atoms with van der Waals surface area (Å²) in [6.45, 7) is 2.16. The third kappa shape index (κ3) is 4.36. The highest BCUT2D eigenvalue weighted by Crippen LogP contribution is 2.49. The summed E-state index contributed by atoms with van der Waals surface area (Å²) in [7, 11) is -2.42. The minimum Gasteiger partial charge on any atom is -0.366 e. The number of aromatic amines is 1. The number of thiophene rings is 1. The highest BCUT2D eigenvalue weighted by Gasteiger charge is 2.27. The van der Waals surface area contributed by atoms with Crippen molar-refractivity contribution in [2.24, 2.45) is 5.73 Å². The highest BCUT2D eigenvalue weighted by molar-refractivity contribution is 8.24. The van der Waals surface area contributed by atoms with Gasteiger partial charge >= 0.3 is 0 Å².